The second kappa shape index (κ2) is 5.87. The fraction of sp³-hybridized carbons (Fsp3) is 0.600. The predicted octanol–water partition coefficient (Wildman–Crippen LogP) is 1.23. The van der Waals surface area contributed by atoms with Crippen LogP contribution in [-0.4, -0.2) is 67.8 Å². The smallest absolute Gasteiger partial charge is 0.164 e. The van der Waals surface area contributed by atoms with Gasteiger partial charge in [0.25, 0.3) is 0 Å². The van der Waals surface area contributed by atoms with Crippen molar-refractivity contribution >= 4 is 0 Å². The Morgan fingerprint density at radius 3 is 2.58 bits per heavy atom. The number of likely N-dealkylation sites (N-methyl/N-ethyl adjacent to an activating group) is 1. The number of fused-ring (bicyclic) bond motifs is 1. The highest BCUT2D eigenvalue weighted by atomic mass is 16.5. The highest BCUT2D eigenvalue weighted by Gasteiger charge is 2.65. The standard InChI is InChI=1S/C20H27NO5/c1-21-8-7-19-10-13(22)15(25-3)11-20(19,23)16(21)9-12-5-6-14(24-2)18(26-4)17(12)19/h5-6,11,13,16,22-23H,7-10H2,1-4H3/t13?,16-,19-,20-/m0/s1. The van der Waals surface area contributed by atoms with Crippen LogP contribution < -0.4 is 9.47 Å². The minimum Gasteiger partial charge on any atom is -0.499 e. The normalized spacial score (nSPS) is 35.8. The molecule has 1 aromatic carbocycles. The van der Waals surface area contributed by atoms with Crippen LogP contribution in [0.4, 0.5) is 0 Å². The molecular weight excluding hydrogens is 334 g/mol. The van der Waals surface area contributed by atoms with Crippen molar-refractivity contribution in [3.05, 3.63) is 35.1 Å². The van der Waals surface area contributed by atoms with Gasteiger partial charge in [0.2, 0.25) is 0 Å². The van der Waals surface area contributed by atoms with E-state index >= 15 is 0 Å². The average molecular weight is 361 g/mol. The van der Waals surface area contributed by atoms with Crippen molar-refractivity contribution in [3.8, 4) is 11.5 Å². The van der Waals surface area contributed by atoms with E-state index in [4.69, 9.17) is 14.2 Å². The molecule has 2 aliphatic carbocycles. The maximum absolute atomic E-state index is 12.0. The van der Waals surface area contributed by atoms with Crippen LogP contribution in [0, 0.1) is 0 Å². The summed E-state index contributed by atoms with van der Waals surface area (Å²) in [5.74, 6) is 1.75. The van der Waals surface area contributed by atoms with E-state index < -0.39 is 17.1 Å². The van der Waals surface area contributed by atoms with Gasteiger partial charge in [-0.25, -0.2) is 0 Å². The van der Waals surface area contributed by atoms with Gasteiger partial charge < -0.3 is 24.4 Å². The molecule has 2 N–H and O–H groups in total. The van der Waals surface area contributed by atoms with E-state index in [2.05, 4.69) is 11.0 Å². The summed E-state index contributed by atoms with van der Waals surface area (Å²) in [5.41, 5.74) is 0.332. The zero-order valence-corrected chi connectivity index (χ0v) is 15.8. The number of ether oxygens (including phenoxy) is 3. The molecule has 0 aromatic heterocycles. The first kappa shape index (κ1) is 17.6. The van der Waals surface area contributed by atoms with E-state index in [-0.39, 0.29) is 6.04 Å². The molecular formula is C20H27NO5. The Morgan fingerprint density at radius 1 is 1.15 bits per heavy atom. The van der Waals surface area contributed by atoms with Crippen LogP contribution in [0.15, 0.2) is 24.0 Å². The Balaban J connectivity index is 2.03. The van der Waals surface area contributed by atoms with Crippen molar-refractivity contribution in [2.24, 2.45) is 0 Å². The lowest BCUT2D eigenvalue weighted by Crippen LogP contribution is -2.72. The van der Waals surface area contributed by atoms with Crippen molar-refractivity contribution in [1.82, 2.24) is 4.90 Å². The van der Waals surface area contributed by atoms with Gasteiger partial charge >= 0.3 is 0 Å². The second-order valence-electron chi connectivity index (χ2n) is 7.66. The summed E-state index contributed by atoms with van der Waals surface area (Å²) in [6.45, 7) is 0.843. The molecule has 1 heterocycles. The van der Waals surface area contributed by atoms with Crippen molar-refractivity contribution in [1.29, 1.82) is 0 Å². The largest absolute Gasteiger partial charge is 0.499 e. The molecule has 4 rings (SSSR count). The van der Waals surface area contributed by atoms with Crippen molar-refractivity contribution < 1.29 is 24.4 Å². The molecule has 142 valence electrons. The molecule has 4 atom stereocenters. The first-order chi connectivity index (χ1) is 12.4. The van der Waals surface area contributed by atoms with Gasteiger partial charge in [0, 0.05) is 17.0 Å². The Hall–Kier alpha value is -1.76. The number of piperidine rings is 1. The number of benzene rings is 1. The third-order valence-corrected chi connectivity index (χ3v) is 6.69. The fourth-order valence-corrected chi connectivity index (χ4v) is 5.43. The molecule has 1 aliphatic heterocycles. The summed E-state index contributed by atoms with van der Waals surface area (Å²) in [6.07, 6.45) is 2.80. The molecule has 2 bridgehead atoms. The monoisotopic (exact) mass is 361 g/mol. The van der Waals surface area contributed by atoms with Crippen LogP contribution in [0.1, 0.15) is 24.0 Å². The van der Waals surface area contributed by atoms with Crippen LogP contribution in [0.2, 0.25) is 0 Å². The number of likely N-dealkylation sites (tertiary alicyclic amines) is 1. The molecule has 3 aliphatic rings. The van der Waals surface area contributed by atoms with Gasteiger partial charge in [0.05, 0.1) is 21.3 Å². The summed E-state index contributed by atoms with van der Waals surface area (Å²) in [7, 11) is 6.83. The maximum atomic E-state index is 12.0. The van der Waals surface area contributed by atoms with E-state index in [0.29, 0.717) is 30.1 Å². The first-order valence-electron chi connectivity index (χ1n) is 9.03. The molecule has 1 fully saturated rings. The number of aliphatic hydroxyl groups excluding tert-OH is 1. The highest BCUT2D eigenvalue weighted by molar-refractivity contribution is 5.60. The quantitative estimate of drug-likeness (QED) is 0.844. The Kier molecular flexibility index (Phi) is 3.99. The van der Waals surface area contributed by atoms with Crippen LogP contribution in [0.5, 0.6) is 11.5 Å². The van der Waals surface area contributed by atoms with Crippen molar-refractivity contribution in [2.45, 2.75) is 42.4 Å². The van der Waals surface area contributed by atoms with E-state index in [1.807, 2.05) is 13.1 Å². The number of hydrogen-bond acceptors (Lipinski definition) is 6. The third-order valence-electron chi connectivity index (χ3n) is 6.69. The number of nitrogens with zero attached hydrogens (tertiary/aromatic N) is 1. The summed E-state index contributed by atoms with van der Waals surface area (Å²) in [6, 6.07) is 3.90. The molecule has 1 aromatic rings. The molecule has 6 nitrogen and oxygen atoms in total. The van der Waals surface area contributed by atoms with Gasteiger partial charge in [0.1, 0.15) is 17.5 Å². The fourth-order valence-electron chi connectivity index (χ4n) is 5.43. The average Bonchev–Trinajstić information content (AvgIpc) is 2.63. The molecule has 1 unspecified atom stereocenters. The lowest BCUT2D eigenvalue weighted by Gasteiger charge is -2.62. The Morgan fingerprint density at radius 2 is 1.92 bits per heavy atom. The Labute approximate surface area is 154 Å². The molecule has 0 spiro atoms. The highest BCUT2D eigenvalue weighted by Crippen LogP contribution is 2.60. The topological polar surface area (TPSA) is 71.4 Å². The lowest BCUT2D eigenvalue weighted by molar-refractivity contribution is -0.132. The number of aliphatic hydroxyl groups is 2. The summed E-state index contributed by atoms with van der Waals surface area (Å²) < 4.78 is 16.6. The Bertz CT molecular complexity index is 763. The van der Waals surface area contributed by atoms with Gasteiger partial charge in [0.15, 0.2) is 11.5 Å². The van der Waals surface area contributed by atoms with Gasteiger partial charge in [-0.3, -0.25) is 4.90 Å². The summed E-state index contributed by atoms with van der Waals surface area (Å²) in [5, 5.41) is 22.7. The molecule has 26 heavy (non-hydrogen) atoms. The van der Waals surface area contributed by atoms with Crippen molar-refractivity contribution in [3.63, 3.8) is 0 Å². The van der Waals surface area contributed by atoms with Gasteiger partial charge in [-0.1, -0.05) is 6.07 Å². The van der Waals surface area contributed by atoms with Crippen LogP contribution in [0.3, 0.4) is 0 Å². The molecule has 0 amide bonds. The molecule has 6 heteroatoms. The van der Waals surface area contributed by atoms with E-state index in [1.54, 1.807) is 20.3 Å². The molecule has 0 radical (unpaired) electrons. The van der Waals surface area contributed by atoms with Gasteiger partial charge in [-0.2, -0.15) is 0 Å². The zero-order chi connectivity index (χ0) is 18.7. The van der Waals surface area contributed by atoms with E-state index in [9.17, 15) is 10.2 Å². The molecule has 1 saturated heterocycles. The van der Waals surface area contributed by atoms with Gasteiger partial charge in [-0.15, -0.1) is 0 Å². The minimum absolute atomic E-state index is 0.0838. The number of hydrogen-bond donors (Lipinski definition) is 2. The summed E-state index contributed by atoms with van der Waals surface area (Å²) >= 11 is 0. The van der Waals surface area contributed by atoms with Gasteiger partial charge in [-0.05, 0) is 50.6 Å². The van der Waals surface area contributed by atoms with Crippen LogP contribution in [0.25, 0.3) is 0 Å². The SMILES string of the molecule is COC1=C[C@]2(O)[C@@H]3Cc4ccc(OC)c(OC)c4[C@]2(CCN3C)CC1O. The minimum atomic E-state index is -1.14. The first-order valence-corrected chi connectivity index (χ1v) is 9.03. The second-order valence-corrected chi connectivity index (χ2v) is 7.66. The maximum Gasteiger partial charge on any atom is 0.164 e. The molecule has 0 saturated carbocycles. The van der Waals surface area contributed by atoms with Crippen molar-refractivity contribution in [2.75, 3.05) is 34.9 Å². The lowest BCUT2D eigenvalue weighted by atomic mass is 9.50. The van der Waals surface area contributed by atoms with Crippen LogP contribution >= 0.6 is 0 Å². The van der Waals surface area contributed by atoms with E-state index in [0.717, 1.165) is 24.1 Å². The summed E-state index contributed by atoms with van der Waals surface area (Å²) in [4.78, 5) is 2.21. The predicted molar refractivity (Wildman–Crippen MR) is 96.6 cm³/mol. The number of methoxy groups -OCH3 is 3. The number of rotatable bonds is 3. The van der Waals surface area contributed by atoms with Crippen LogP contribution in [-0.2, 0) is 16.6 Å². The van der Waals surface area contributed by atoms with E-state index in [1.165, 1.54) is 7.11 Å². The third kappa shape index (κ3) is 2.03. The zero-order valence-electron chi connectivity index (χ0n) is 15.8.